The van der Waals surface area contributed by atoms with Crippen LogP contribution in [0.25, 0.3) is 0 Å². The molecule has 78 valence electrons. The standard InChI is InChI=1S/C11H12N2OS/c12-7-10(11-13-5-6-15-11)8-1-3-9(14)4-2-8/h1-6,10,14H,7,12H2. The van der Waals surface area contributed by atoms with Gasteiger partial charge in [-0.2, -0.15) is 0 Å². The Morgan fingerprint density at radius 3 is 2.60 bits per heavy atom. The largest absolute Gasteiger partial charge is 0.508 e. The highest BCUT2D eigenvalue weighted by atomic mass is 32.1. The van der Waals surface area contributed by atoms with Gasteiger partial charge in [0.15, 0.2) is 0 Å². The maximum atomic E-state index is 9.20. The Morgan fingerprint density at radius 1 is 1.33 bits per heavy atom. The lowest BCUT2D eigenvalue weighted by molar-refractivity contribution is 0.475. The van der Waals surface area contributed by atoms with Gasteiger partial charge in [0.2, 0.25) is 0 Å². The number of nitrogens with two attached hydrogens (primary N) is 1. The molecule has 1 aromatic heterocycles. The van der Waals surface area contributed by atoms with E-state index in [1.54, 1.807) is 29.7 Å². The lowest BCUT2D eigenvalue weighted by Crippen LogP contribution is -2.13. The van der Waals surface area contributed by atoms with Gasteiger partial charge in [-0.3, -0.25) is 0 Å². The zero-order valence-corrected chi connectivity index (χ0v) is 8.95. The van der Waals surface area contributed by atoms with Crippen molar-refractivity contribution in [3.05, 3.63) is 46.4 Å². The highest BCUT2D eigenvalue weighted by molar-refractivity contribution is 7.09. The fourth-order valence-corrected chi connectivity index (χ4v) is 2.27. The molecule has 1 aromatic carbocycles. The van der Waals surface area contributed by atoms with Crippen LogP contribution in [0.3, 0.4) is 0 Å². The zero-order valence-electron chi connectivity index (χ0n) is 8.13. The van der Waals surface area contributed by atoms with Crippen LogP contribution in [-0.2, 0) is 0 Å². The van der Waals surface area contributed by atoms with Gasteiger partial charge in [0.1, 0.15) is 10.8 Å². The van der Waals surface area contributed by atoms with Gasteiger partial charge in [0.25, 0.3) is 0 Å². The van der Waals surface area contributed by atoms with Crippen molar-refractivity contribution in [3.8, 4) is 5.75 Å². The fourth-order valence-electron chi connectivity index (χ4n) is 1.49. The van der Waals surface area contributed by atoms with Crippen molar-refractivity contribution < 1.29 is 5.11 Å². The Kier molecular flexibility index (Phi) is 2.99. The van der Waals surface area contributed by atoms with Crippen molar-refractivity contribution in [1.29, 1.82) is 0 Å². The van der Waals surface area contributed by atoms with E-state index < -0.39 is 0 Å². The summed E-state index contributed by atoms with van der Waals surface area (Å²) in [5.41, 5.74) is 6.83. The predicted molar refractivity (Wildman–Crippen MR) is 61.1 cm³/mol. The molecule has 3 nitrogen and oxygen atoms in total. The zero-order chi connectivity index (χ0) is 10.7. The summed E-state index contributed by atoms with van der Waals surface area (Å²) in [4.78, 5) is 4.26. The maximum absolute atomic E-state index is 9.20. The van der Waals surface area contributed by atoms with E-state index in [9.17, 15) is 5.11 Å². The van der Waals surface area contributed by atoms with Crippen molar-refractivity contribution in [2.24, 2.45) is 5.73 Å². The van der Waals surface area contributed by atoms with Crippen molar-refractivity contribution in [1.82, 2.24) is 4.98 Å². The van der Waals surface area contributed by atoms with Gasteiger partial charge >= 0.3 is 0 Å². The van der Waals surface area contributed by atoms with Crippen LogP contribution in [-0.4, -0.2) is 16.6 Å². The smallest absolute Gasteiger partial charge is 0.115 e. The molecule has 0 aliphatic heterocycles. The number of thiazole rings is 1. The van der Waals surface area contributed by atoms with Gasteiger partial charge in [-0.1, -0.05) is 12.1 Å². The summed E-state index contributed by atoms with van der Waals surface area (Å²) in [6.07, 6.45) is 1.78. The molecular weight excluding hydrogens is 208 g/mol. The van der Waals surface area contributed by atoms with Gasteiger partial charge in [0, 0.05) is 24.0 Å². The minimum Gasteiger partial charge on any atom is -0.508 e. The summed E-state index contributed by atoms with van der Waals surface area (Å²) in [7, 11) is 0. The van der Waals surface area contributed by atoms with Crippen LogP contribution >= 0.6 is 11.3 Å². The molecule has 4 heteroatoms. The molecule has 0 saturated carbocycles. The Hall–Kier alpha value is -1.39. The Bertz CT molecular complexity index is 411. The third kappa shape index (κ3) is 2.16. The topological polar surface area (TPSA) is 59.1 Å². The van der Waals surface area contributed by atoms with E-state index in [1.165, 1.54) is 0 Å². The van der Waals surface area contributed by atoms with Crippen molar-refractivity contribution in [3.63, 3.8) is 0 Å². The molecule has 0 aliphatic rings. The molecule has 1 atom stereocenters. The fraction of sp³-hybridized carbons (Fsp3) is 0.182. The minimum atomic E-state index is 0.130. The number of hydrogen-bond acceptors (Lipinski definition) is 4. The number of nitrogens with zero attached hydrogens (tertiary/aromatic N) is 1. The first-order valence-corrected chi connectivity index (χ1v) is 5.57. The van der Waals surface area contributed by atoms with E-state index in [1.807, 2.05) is 17.5 Å². The molecule has 0 saturated heterocycles. The van der Waals surface area contributed by atoms with E-state index in [2.05, 4.69) is 4.98 Å². The summed E-state index contributed by atoms with van der Waals surface area (Å²) in [5.74, 6) is 0.402. The van der Waals surface area contributed by atoms with Crippen LogP contribution in [0.1, 0.15) is 16.5 Å². The van der Waals surface area contributed by atoms with E-state index in [4.69, 9.17) is 5.73 Å². The monoisotopic (exact) mass is 220 g/mol. The van der Waals surface area contributed by atoms with Gasteiger partial charge in [-0.25, -0.2) is 4.98 Å². The first-order chi connectivity index (χ1) is 7.31. The molecule has 0 aliphatic carbocycles. The number of aromatic hydroxyl groups is 1. The molecule has 1 heterocycles. The molecule has 0 amide bonds. The molecular formula is C11H12N2OS. The molecule has 2 rings (SSSR count). The van der Waals surface area contributed by atoms with Crippen molar-refractivity contribution in [2.75, 3.05) is 6.54 Å². The molecule has 0 fully saturated rings. The van der Waals surface area contributed by atoms with Crippen molar-refractivity contribution >= 4 is 11.3 Å². The second-order valence-corrected chi connectivity index (χ2v) is 4.18. The van der Waals surface area contributed by atoms with Crippen molar-refractivity contribution in [2.45, 2.75) is 5.92 Å². The van der Waals surface area contributed by atoms with Crippen LogP contribution in [0.2, 0.25) is 0 Å². The summed E-state index contributed by atoms with van der Waals surface area (Å²) in [6.45, 7) is 0.526. The second-order valence-electron chi connectivity index (χ2n) is 3.25. The molecule has 1 unspecified atom stereocenters. The third-order valence-corrected chi connectivity index (χ3v) is 3.17. The lowest BCUT2D eigenvalue weighted by Gasteiger charge is -2.11. The Balaban J connectivity index is 2.31. The van der Waals surface area contributed by atoms with Crippen LogP contribution in [0.4, 0.5) is 0 Å². The van der Waals surface area contributed by atoms with Crippen LogP contribution < -0.4 is 5.73 Å². The average molecular weight is 220 g/mol. The molecule has 2 aromatic rings. The van der Waals surface area contributed by atoms with E-state index >= 15 is 0 Å². The van der Waals surface area contributed by atoms with Crippen LogP contribution in [0.15, 0.2) is 35.8 Å². The van der Waals surface area contributed by atoms with Gasteiger partial charge in [-0.05, 0) is 17.7 Å². The highest BCUT2D eigenvalue weighted by Crippen LogP contribution is 2.26. The summed E-state index contributed by atoms with van der Waals surface area (Å²) in [6, 6.07) is 7.11. The molecule has 0 radical (unpaired) electrons. The lowest BCUT2D eigenvalue weighted by atomic mass is 10.00. The molecule has 3 N–H and O–H groups in total. The highest BCUT2D eigenvalue weighted by Gasteiger charge is 2.14. The van der Waals surface area contributed by atoms with Gasteiger partial charge in [-0.15, -0.1) is 11.3 Å². The molecule has 0 spiro atoms. The van der Waals surface area contributed by atoms with E-state index in [0.717, 1.165) is 10.6 Å². The quantitative estimate of drug-likeness (QED) is 0.831. The number of hydrogen-bond donors (Lipinski definition) is 2. The van der Waals surface area contributed by atoms with Gasteiger partial charge < -0.3 is 10.8 Å². The Labute approximate surface area is 92.2 Å². The second kappa shape index (κ2) is 4.42. The number of phenolic OH excluding ortho intramolecular Hbond substituents is 1. The number of aromatic nitrogens is 1. The number of rotatable bonds is 3. The summed E-state index contributed by atoms with van der Waals surface area (Å²) in [5, 5.41) is 12.2. The number of benzene rings is 1. The van der Waals surface area contributed by atoms with E-state index in [0.29, 0.717) is 6.54 Å². The third-order valence-electron chi connectivity index (χ3n) is 2.28. The number of phenols is 1. The summed E-state index contributed by atoms with van der Waals surface area (Å²) >= 11 is 1.60. The minimum absolute atomic E-state index is 0.130. The maximum Gasteiger partial charge on any atom is 0.115 e. The van der Waals surface area contributed by atoms with Crippen LogP contribution in [0, 0.1) is 0 Å². The Morgan fingerprint density at radius 2 is 2.07 bits per heavy atom. The van der Waals surface area contributed by atoms with Crippen LogP contribution in [0.5, 0.6) is 5.75 Å². The van der Waals surface area contributed by atoms with E-state index in [-0.39, 0.29) is 11.7 Å². The molecule has 15 heavy (non-hydrogen) atoms. The SMILES string of the molecule is NCC(c1ccc(O)cc1)c1nccs1. The predicted octanol–water partition coefficient (Wildman–Crippen LogP) is 1.94. The first kappa shape index (κ1) is 10.1. The summed E-state index contributed by atoms with van der Waals surface area (Å²) < 4.78 is 0. The first-order valence-electron chi connectivity index (χ1n) is 4.69. The van der Waals surface area contributed by atoms with Gasteiger partial charge in [0.05, 0.1) is 0 Å². The normalized spacial score (nSPS) is 12.6. The molecule has 0 bridgehead atoms. The average Bonchev–Trinajstić information content (AvgIpc) is 2.75.